The van der Waals surface area contributed by atoms with Crippen molar-refractivity contribution >= 4 is 11.9 Å². The smallest absolute Gasteiger partial charge is 0.338 e. The van der Waals surface area contributed by atoms with E-state index in [0.717, 1.165) is 23.5 Å². The molecule has 2 aromatic carbocycles. The second-order valence-corrected chi connectivity index (χ2v) is 12.1. The minimum atomic E-state index is -0.772. The van der Waals surface area contributed by atoms with Gasteiger partial charge in [-0.1, -0.05) is 83.2 Å². The van der Waals surface area contributed by atoms with Crippen LogP contribution in [0, 0.1) is 11.8 Å². The van der Waals surface area contributed by atoms with Gasteiger partial charge in [0, 0.05) is 0 Å². The number of carbonyl (C=O) groups is 2. The Balaban J connectivity index is 1.71. The van der Waals surface area contributed by atoms with E-state index in [-0.39, 0.29) is 24.7 Å². The summed E-state index contributed by atoms with van der Waals surface area (Å²) in [6, 6.07) is 12.1. The number of aryl methyl sites for hydroxylation is 1. The lowest BCUT2D eigenvalue weighted by Crippen LogP contribution is -2.20. The van der Waals surface area contributed by atoms with Crippen molar-refractivity contribution in [1.29, 1.82) is 0 Å². The lowest BCUT2D eigenvalue weighted by molar-refractivity contribution is -0.156. The zero-order chi connectivity index (χ0) is 32.6. The van der Waals surface area contributed by atoms with E-state index in [1.807, 2.05) is 6.07 Å². The average Bonchev–Trinajstić information content (AvgIpc) is 3.07. The molecule has 0 amide bonds. The van der Waals surface area contributed by atoms with Crippen LogP contribution in [-0.4, -0.2) is 49.0 Å². The van der Waals surface area contributed by atoms with Gasteiger partial charge < -0.3 is 29.2 Å². The van der Waals surface area contributed by atoms with E-state index in [2.05, 4.69) is 38.6 Å². The van der Waals surface area contributed by atoms with E-state index in [4.69, 9.17) is 24.1 Å². The van der Waals surface area contributed by atoms with Gasteiger partial charge in [-0.15, -0.1) is 0 Å². The van der Waals surface area contributed by atoms with Gasteiger partial charge in [-0.2, -0.15) is 0 Å². The third kappa shape index (κ3) is 11.2. The first kappa shape index (κ1) is 36.1. The van der Waals surface area contributed by atoms with Crippen LogP contribution in [0.2, 0.25) is 0 Å². The van der Waals surface area contributed by atoms with Crippen LogP contribution in [0.4, 0.5) is 0 Å². The standard InChI is InChI=1S/C37H52O8/c1-5-7-8-9-10-11-28-12-14-30(15-13-28)33-18-16-31(20-29(33)6-2)32-17-19-34(42-24-44-36(40)26(3)22-38)35(21-32)43-25-45-37(41)27(4)23-39/h16-21,27-28,30,38-39H,3,5-15,22-25H2,1-2,4H3. The lowest BCUT2D eigenvalue weighted by atomic mass is 9.75. The van der Waals surface area contributed by atoms with E-state index < -0.39 is 31.3 Å². The summed E-state index contributed by atoms with van der Waals surface area (Å²) in [5.74, 6) is 0.00998. The van der Waals surface area contributed by atoms with Crippen LogP contribution in [0.15, 0.2) is 48.6 Å². The van der Waals surface area contributed by atoms with Gasteiger partial charge in [-0.25, -0.2) is 4.79 Å². The number of ether oxygens (including phenoxy) is 4. The molecule has 0 radical (unpaired) electrons. The predicted octanol–water partition coefficient (Wildman–Crippen LogP) is 7.49. The summed E-state index contributed by atoms with van der Waals surface area (Å²) in [7, 11) is 0. The number of hydrogen-bond acceptors (Lipinski definition) is 8. The van der Waals surface area contributed by atoms with Crippen LogP contribution >= 0.6 is 0 Å². The molecular weight excluding hydrogens is 572 g/mol. The second-order valence-electron chi connectivity index (χ2n) is 12.1. The zero-order valence-electron chi connectivity index (χ0n) is 27.4. The molecule has 1 aliphatic carbocycles. The second kappa shape index (κ2) is 19.2. The largest absolute Gasteiger partial charge is 0.453 e. The Hall–Kier alpha value is -3.36. The maximum Gasteiger partial charge on any atom is 0.338 e. The van der Waals surface area contributed by atoms with Crippen molar-refractivity contribution in [3.8, 4) is 22.6 Å². The Morgan fingerprint density at radius 3 is 2.22 bits per heavy atom. The fourth-order valence-corrected chi connectivity index (χ4v) is 5.89. The van der Waals surface area contributed by atoms with E-state index in [9.17, 15) is 14.7 Å². The van der Waals surface area contributed by atoms with Crippen molar-refractivity contribution in [3.63, 3.8) is 0 Å². The van der Waals surface area contributed by atoms with Crippen LogP contribution in [0.25, 0.3) is 11.1 Å². The molecule has 0 aromatic heterocycles. The Morgan fingerprint density at radius 2 is 1.53 bits per heavy atom. The van der Waals surface area contributed by atoms with E-state index in [0.29, 0.717) is 11.7 Å². The third-order valence-electron chi connectivity index (χ3n) is 8.78. The van der Waals surface area contributed by atoms with Crippen LogP contribution < -0.4 is 9.47 Å². The monoisotopic (exact) mass is 624 g/mol. The fraction of sp³-hybridized carbons (Fsp3) is 0.568. The number of unbranched alkanes of at least 4 members (excludes halogenated alkanes) is 4. The topological polar surface area (TPSA) is 112 Å². The molecule has 1 atom stereocenters. The van der Waals surface area contributed by atoms with Crippen LogP contribution in [0.1, 0.15) is 102 Å². The van der Waals surface area contributed by atoms with Gasteiger partial charge in [0.25, 0.3) is 0 Å². The van der Waals surface area contributed by atoms with Gasteiger partial charge >= 0.3 is 11.9 Å². The molecule has 0 heterocycles. The van der Waals surface area contributed by atoms with Crippen molar-refractivity contribution < 1.29 is 38.7 Å². The van der Waals surface area contributed by atoms with Gasteiger partial charge in [0.1, 0.15) is 0 Å². The molecule has 0 spiro atoms. The summed E-state index contributed by atoms with van der Waals surface area (Å²) in [5, 5.41) is 18.3. The molecule has 0 aliphatic heterocycles. The van der Waals surface area contributed by atoms with Gasteiger partial charge in [0.2, 0.25) is 13.6 Å². The molecule has 8 heteroatoms. The maximum absolute atomic E-state index is 12.0. The normalized spacial score (nSPS) is 16.9. The molecule has 2 N–H and O–H groups in total. The molecule has 3 rings (SSSR count). The zero-order valence-corrected chi connectivity index (χ0v) is 27.4. The number of aliphatic hydroxyl groups is 2. The predicted molar refractivity (Wildman–Crippen MR) is 175 cm³/mol. The molecule has 8 nitrogen and oxygen atoms in total. The average molecular weight is 625 g/mol. The van der Waals surface area contributed by atoms with Crippen molar-refractivity contribution in [2.45, 2.75) is 97.3 Å². The first-order valence-corrected chi connectivity index (χ1v) is 16.6. The van der Waals surface area contributed by atoms with Gasteiger partial charge in [-0.3, -0.25) is 4.79 Å². The molecule has 2 aromatic rings. The number of aliphatic hydroxyl groups excluding tert-OH is 2. The van der Waals surface area contributed by atoms with E-state index in [1.54, 1.807) is 19.1 Å². The summed E-state index contributed by atoms with van der Waals surface area (Å²) >= 11 is 0. The Bertz CT molecular complexity index is 1230. The van der Waals surface area contributed by atoms with Gasteiger partial charge in [0.05, 0.1) is 24.7 Å². The van der Waals surface area contributed by atoms with Crippen LogP contribution in [-0.2, 0) is 25.5 Å². The Labute approximate surface area is 268 Å². The van der Waals surface area contributed by atoms with Gasteiger partial charge in [-0.05, 0) is 85.3 Å². The molecular formula is C37H52O8. The molecule has 1 aliphatic rings. The minimum absolute atomic E-state index is 0.0867. The molecule has 1 unspecified atom stereocenters. The molecule has 45 heavy (non-hydrogen) atoms. The maximum atomic E-state index is 12.0. The van der Waals surface area contributed by atoms with Crippen molar-refractivity contribution in [2.24, 2.45) is 11.8 Å². The Kier molecular flexibility index (Phi) is 15.4. The van der Waals surface area contributed by atoms with E-state index >= 15 is 0 Å². The molecule has 1 saturated carbocycles. The highest BCUT2D eigenvalue weighted by molar-refractivity contribution is 5.87. The summed E-state index contributed by atoms with van der Waals surface area (Å²) in [5.41, 5.74) is 4.64. The molecule has 1 fully saturated rings. The minimum Gasteiger partial charge on any atom is -0.453 e. The first-order valence-electron chi connectivity index (χ1n) is 16.6. The Morgan fingerprint density at radius 1 is 0.867 bits per heavy atom. The number of carbonyl (C=O) groups excluding carboxylic acids is 2. The molecule has 248 valence electrons. The third-order valence-corrected chi connectivity index (χ3v) is 8.78. The first-order chi connectivity index (χ1) is 21.8. The highest BCUT2D eigenvalue weighted by Crippen LogP contribution is 2.41. The number of rotatable bonds is 19. The summed E-state index contributed by atoms with van der Waals surface area (Å²) in [6.45, 7) is 7.81. The van der Waals surface area contributed by atoms with Crippen molar-refractivity contribution in [1.82, 2.24) is 0 Å². The SMILES string of the molecule is C=C(CO)C(=O)OCOc1ccc(-c2ccc(C3CCC(CCCCCCC)CC3)c(CC)c2)cc1OCOC(=O)C(C)CO. The van der Waals surface area contributed by atoms with Gasteiger partial charge in [0.15, 0.2) is 11.5 Å². The van der Waals surface area contributed by atoms with Crippen LogP contribution in [0.5, 0.6) is 11.5 Å². The molecule has 0 saturated heterocycles. The summed E-state index contributed by atoms with van der Waals surface area (Å²) < 4.78 is 21.6. The highest BCUT2D eigenvalue weighted by Gasteiger charge is 2.24. The summed E-state index contributed by atoms with van der Waals surface area (Å²) in [4.78, 5) is 23.9. The van der Waals surface area contributed by atoms with Crippen molar-refractivity contribution in [2.75, 3.05) is 26.8 Å². The fourth-order valence-electron chi connectivity index (χ4n) is 5.89. The van der Waals surface area contributed by atoms with E-state index in [1.165, 1.54) is 75.3 Å². The lowest BCUT2D eigenvalue weighted by Gasteiger charge is -2.30. The number of benzene rings is 2. The summed E-state index contributed by atoms with van der Waals surface area (Å²) in [6.07, 6.45) is 14.2. The highest BCUT2D eigenvalue weighted by atomic mass is 16.7. The number of esters is 2. The molecule has 0 bridgehead atoms. The van der Waals surface area contributed by atoms with Crippen LogP contribution in [0.3, 0.4) is 0 Å². The van der Waals surface area contributed by atoms with Crippen molar-refractivity contribution in [3.05, 3.63) is 59.7 Å². The quantitative estimate of drug-likeness (QED) is 0.0716. The number of hydrogen-bond donors (Lipinski definition) is 2.